The van der Waals surface area contributed by atoms with Crippen molar-refractivity contribution in [3.63, 3.8) is 0 Å². The van der Waals surface area contributed by atoms with E-state index in [0.717, 1.165) is 22.5 Å². The van der Waals surface area contributed by atoms with Gasteiger partial charge in [-0.2, -0.15) is 0 Å². The van der Waals surface area contributed by atoms with Gasteiger partial charge in [0.1, 0.15) is 17.2 Å². The highest BCUT2D eigenvalue weighted by Crippen LogP contribution is 2.28. The van der Waals surface area contributed by atoms with E-state index in [2.05, 4.69) is 20.6 Å². The Kier molecular flexibility index (Phi) is 4.30. The van der Waals surface area contributed by atoms with Gasteiger partial charge in [0.25, 0.3) is 0 Å². The minimum atomic E-state index is -0.320. The fourth-order valence-electron chi connectivity index (χ4n) is 2.92. The van der Waals surface area contributed by atoms with Gasteiger partial charge in [0, 0.05) is 29.8 Å². The second-order valence-electron chi connectivity index (χ2n) is 6.35. The number of imidazole rings is 1. The van der Waals surface area contributed by atoms with Crippen LogP contribution < -0.4 is 10.6 Å². The smallest absolute Gasteiger partial charge is 0.308 e. The Morgan fingerprint density at radius 1 is 0.963 bits per heavy atom. The molecule has 0 saturated carbocycles. The van der Waals surface area contributed by atoms with E-state index in [4.69, 9.17) is 0 Å². The fourth-order valence-corrected chi connectivity index (χ4v) is 2.92. The van der Waals surface area contributed by atoms with Crippen LogP contribution in [0.5, 0.6) is 0 Å². The van der Waals surface area contributed by atoms with Crippen LogP contribution in [-0.4, -0.2) is 20.4 Å². The lowest BCUT2D eigenvalue weighted by molar-refractivity contribution is 0.262. The molecular weight excluding hydrogens is 338 g/mol. The molecule has 2 N–H and O–H groups in total. The Morgan fingerprint density at radius 3 is 2.56 bits per heavy atom. The number of nitrogens with zero attached hydrogens (tertiary/aromatic N) is 3. The van der Waals surface area contributed by atoms with E-state index in [1.807, 2.05) is 73.0 Å². The van der Waals surface area contributed by atoms with Crippen LogP contribution in [0.15, 0.2) is 67.1 Å². The first-order chi connectivity index (χ1) is 13.1. The summed E-state index contributed by atoms with van der Waals surface area (Å²) in [6.45, 7) is 4.06. The van der Waals surface area contributed by atoms with E-state index in [9.17, 15) is 4.79 Å². The summed E-state index contributed by atoms with van der Waals surface area (Å²) in [5, 5.41) is 5.83. The van der Waals surface area contributed by atoms with Crippen LogP contribution >= 0.6 is 0 Å². The molecule has 1 aromatic carbocycles. The lowest BCUT2D eigenvalue weighted by Gasteiger charge is -2.10. The van der Waals surface area contributed by atoms with Crippen molar-refractivity contribution >= 4 is 23.2 Å². The van der Waals surface area contributed by atoms with Gasteiger partial charge in [-0.25, -0.2) is 9.78 Å². The van der Waals surface area contributed by atoms with E-state index in [0.29, 0.717) is 11.5 Å². The Hall–Kier alpha value is -3.67. The number of benzene rings is 1. The molecule has 4 aromatic rings. The lowest BCUT2D eigenvalue weighted by atomic mass is 10.1. The molecule has 0 aliphatic carbocycles. The molecule has 0 spiro atoms. The molecule has 0 atom stereocenters. The fraction of sp³-hybridized carbons (Fsp3) is 0.0952. The standard InChI is InChI=1S/C21H19N5O/c1-14-6-7-17(13-15(14)2)23-21(27)25-20-19(16-8-10-22-11-9-16)24-18-5-3-4-12-26(18)20/h3-13H,1-2H3,(H2,23,25,27). The van der Waals surface area contributed by atoms with Gasteiger partial charge in [-0.1, -0.05) is 12.1 Å². The summed E-state index contributed by atoms with van der Waals surface area (Å²) in [7, 11) is 0. The highest BCUT2D eigenvalue weighted by molar-refractivity contribution is 6.01. The van der Waals surface area contributed by atoms with Crippen molar-refractivity contribution in [3.05, 3.63) is 78.2 Å². The van der Waals surface area contributed by atoms with Crippen molar-refractivity contribution in [2.75, 3.05) is 10.6 Å². The molecule has 0 radical (unpaired) electrons. The maximum absolute atomic E-state index is 12.6. The van der Waals surface area contributed by atoms with E-state index in [1.54, 1.807) is 12.4 Å². The zero-order chi connectivity index (χ0) is 18.8. The first-order valence-electron chi connectivity index (χ1n) is 8.64. The predicted molar refractivity (Wildman–Crippen MR) is 107 cm³/mol. The van der Waals surface area contributed by atoms with E-state index >= 15 is 0 Å². The molecule has 134 valence electrons. The number of anilines is 2. The van der Waals surface area contributed by atoms with Crippen molar-refractivity contribution in [1.29, 1.82) is 0 Å². The third-order valence-electron chi connectivity index (χ3n) is 4.48. The van der Waals surface area contributed by atoms with Gasteiger partial charge in [-0.15, -0.1) is 0 Å². The number of hydrogen-bond donors (Lipinski definition) is 2. The molecule has 2 amide bonds. The maximum Gasteiger partial charge on any atom is 0.324 e. The molecule has 0 unspecified atom stereocenters. The summed E-state index contributed by atoms with van der Waals surface area (Å²) in [6, 6.07) is 15.0. The number of pyridine rings is 2. The van der Waals surface area contributed by atoms with Crippen molar-refractivity contribution in [3.8, 4) is 11.3 Å². The molecule has 3 aromatic heterocycles. The minimum absolute atomic E-state index is 0.320. The predicted octanol–water partition coefficient (Wildman–Crippen LogP) is 4.66. The average molecular weight is 357 g/mol. The molecular formula is C21H19N5O. The number of aromatic nitrogens is 3. The van der Waals surface area contributed by atoms with Crippen LogP contribution in [0.4, 0.5) is 16.3 Å². The molecule has 0 saturated heterocycles. The van der Waals surface area contributed by atoms with Gasteiger partial charge >= 0.3 is 6.03 Å². The Balaban J connectivity index is 1.68. The van der Waals surface area contributed by atoms with Crippen molar-refractivity contribution in [2.45, 2.75) is 13.8 Å². The Morgan fingerprint density at radius 2 is 1.78 bits per heavy atom. The summed E-state index contributed by atoms with van der Waals surface area (Å²) in [5.74, 6) is 0.609. The van der Waals surface area contributed by atoms with Gasteiger partial charge in [0.15, 0.2) is 0 Å². The molecule has 27 heavy (non-hydrogen) atoms. The number of amides is 2. The first kappa shape index (κ1) is 16.8. The van der Waals surface area contributed by atoms with E-state index in [1.165, 1.54) is 5.56 Å². The number of carbonyl (C=O) groups excluding carboxylic acids is 1. The van der Waals surface area contributed by atoms with Crippen LogP contribution in [0, 0.1) is 13.8 Å². The maximum atomic E-state index is 12.6. The first-order valence-corrected chi connectivity index (χ1v) is 8.64. The lowest BCUT2D eigenvalue weighted by Crippen LogP contribution is -2.20. The SMILES string of the molecule is Cc1ccc(NC(=O)Nc2c(-c3ccncc3)nc3ccccn23)cc1C. The Bertz CT molecular complexity index is 1120. The number of carbonyl (C=O) groups is 1. The summed E-state index contributed by atoms with van der Waals surface area (Å²) in [6.07, 6.45) is 5.29. The third kappa shape index (κ3) is 3.37. The second-order valence-corrected chi connectivity index (χ2v) is 6.35. The molecule has 6 nitrogen and oxygen atoms in total. The number of urea groups is 1. The number of fused-ring (bicyclic) bond motifs is 1. The highest BCUT2D eigenvalue weighted by Gasteiger charge is 2.16. The second kappa shape index (κ2) is 6.92. The monoisotopic (exact) mass is 357 g/mol. The molecule has 6 heteroatoms. The van der Waals surface area contributed by atoms with Crippen molar-refractivity contribution in [2.24, 2.45) is 0 Å². The molecule has 4 rings (SSSR count). The van der Waals surface area contributed by atoms with Crippen LogP contribution in [0.2, 0.25) is 0 Å². The summed E-state index contributed by atoms with van der Waals surface area (Å²) >= 11 is 0. The van der Waals surface area contributed by atoms with Crippen LogP contribution in [0.25, 0.3) is 16.9 Å². The zero-order valence-electron chi connectivity index (χ0n) is 15.1. The van der Waals surface area contributed by atoms with E-state index < -0.39 is 0 Å². The Labute approximate surface area is 156 Å². The number of rotatable bonds is 3. The van der Waals surface area contributed by atoms with Crippen LogP contribution in [0.1, 0.15) is 11.1 Å². The average Bonchev–Trinajstić information content (AvgIpc) is 3.04. The van der Waals surface area contributed by atoms with Crippen LogP contribution in [-0.2, 0) is 0 Å². The summed E-state index contributed by atoms with van der Waals surface area (Å²) < 4.78 is 1.86. The van der Waals surface area contributed by atoms with Crippen molar-refractivity contribution in [1.82, 2.24) is 14.4 Å². The van der Waals surface area contributed by atoms with Gasteiger partial charge in [-0.3, -0.25) is 14.7 Å². The van der Waals surface area contributed by atoms with Crippen molar-refractivity contribution < 1.29 is 4.79 Å². The van der Waals surface area contributed by atoms with Gasteiger partial charge in [0.2, 0.25) is 0 Å². The normalized spacial score (nSPS) is 10.7. The third-order valence-corrected chi connectivity index (χ3v) is 4.48. The minimum Gasteiger partial charge on any atom is -0.308 e. The number of aryl methyl sites for hydroxylation is 2. The van der Waals surface area contributed by atoms with Gasteiger partial charge in [0.05, 0.1) is 0 Å². The molecule has 0 aliphatic rings. The molecule has 0 fully saturated rings. The molecule has 3 heterocycles. The van der Waals surface area contributed by atoms with Gasteiger partial charge < -0.3 is 5.32 Å². The van der Waals surface area contributed by atoms with Crippen LogP contribution in [0.3, 0.4) is 0 Å². The quantitative estimate of drug-likeness (QED) is 0.560. The largest absolute Gasteiger partial charge is 0.324 e. The topological polar surface area (TPSA) is 71.3 Å². The summed E-state index contributed by atoms with van der Waals surface area (Å²) in [5.41, 5.74) is 5.39. The number of hydrogen-bond acceptors (Lipinski definition) is 3. The number of nitrogens with one attached hydrogen (secondary N) is 2. The highest BCUT2D eigenvalue weighted by atomic mass is 16.2. The molecule has 0 bridgehead atoms. The zero-order valence-corrected chi connectivity index (χ0v) is 15.1. The van der Waals surface area contributed by atoms with Gasteiger partial charge in [-0.05, 0) is 61.4 Å². The van der Waals surface area contributed by atoms with E-state index in [-0.39, 0.29) is 6.03 Å². The molecule has 0 aliphatic heterocycles. The summed E-state index contributed by atoms with van der Waals surface area (Å²) in [4.78, 5) is 21.3.